The van der Waals surface area contributed by atoms with E-state index in [9.17, 15) is 9.59 Å². The second kappa shape index (κ2) is 8.49. The molecule has 2 aliphatic heterocycles. The van der Waals surface area contributed by atoms with Gasteiger partial charge in [0.15, 0.2) is 0 Å². The number of amides is 2. The minimum atomic E-state index is -0.117. The summed E-state index contributed by atoms with van der Waals surface area (Å²) >= 11 is 1.53. The Labute approximate surface area is 175 Å². The topological polar surface area (TPSA) is 58.6 Å². The van der Waals surface area contributed by atoms with E-state index in [-0.39, 0.29) is 23.1 Å². The van der Waals surface area contributed by atoms with Gasteiger partial charge in [0, 0.05) is 17.0 Å². The summed E-state index contributed by atoms with van der Waals surface area (Å²) in [4.78, 5) is 28.5. The van der Waals surface area contributed by atoms with Gasteiger partial charge < -0.3 is 15.0 Å². The van der Waals surface area contributed by atoms with Crippen molar-refractivity contribution in [2.75, 3.05) is 19.0 Å². The highest BCUT2D eigenvalue weighted by atomic mass is 32.2. The molecule has 152 valence electrons. The van der Waals surface area contributed by atoms with Gasteiger partial charge in [-0.15, -0.1) is 11.8 Å². The molecule has 1 N–H and O–H groups in total. The van der Waals surface area contributed by atoms with Crippen molar-refractivity contribution in [3.63, 3.8) is 0 Å². The molecule has 2 aromatic rings. The molecular weight excluding hydrogens is 384 g/mol. The average Bonchev–Trinajstić information content (AvgIpc) is 3.00. The quantitative estimate of drug-likeness (QED) is 0.783. The first-order valence-corrected chi connectivity index (χ1v) is 11.0. The van der Waals surface area contributed by atoms with Crippen molar-refractivity contribution in [1.29, 1.82) is 0 Å². The van der Waals surface area contributed by atoms with Crippen LogP contribution in [0, 0.1) is 0 Å². The fourth-order valence-corrected chi connectivity index (χ4v) is 4.96. The normalized spacial score (nSPS) is 21.7. The molecular formula is C23H26N2O3S. The van der Waals surface area contributed by atoms with Crippen molar-refractivity contribution >= 4 is 29.3 Å². The van der Waals surface area contributed by atoms with E-state index < -0.39 is 0 Å². The van der Waals surface area contributed by atoms with Crippen LogP contribution in [0.25, 0.3) is 0 Å². The third-order valence-corrected chi connectivity index (χ3v) is 6.85. The maximum absolute atomic E-state index is 13.5. The molecule has 0 saturated carbocycles. The monoisotopic (exact) mass is 410 g/mol. The highest BCUT2D eigenvalue weighted by molar-refractivity contribution is 8.00. The summed E-state index contributed by atoms with van der Waals surface area (Å²) < 4.78 is 5.28. The molecule has 2 atom stereocenters. The molecule has 2 amide bonds. The van der Waals surface area contributed by atoms with Crippen LogP contribution < -0.4 is 10.1 Å². The molecule has 2 aliphatic rings. The second-order valence-corrected chi connectivity index (χ2v) is 8.98. The molecule has 0 unspecified atom stereocenters. The lowest BCUT2D eigenvalue weighted by atomic mass is 9.99. The Morgan fingerprint density at radius 2 is 1.93 bits per heavy atom. The first kappa shape index (κ1) is 19.8. The van der Waals surface area contributed by atoms with Gasteiger partial charge in [0.2, 0.25) is 5.91 Å². The Hall–Kier alpha value is -2.47. The molecule has 2 aromatic carbocycles. The molecule has 29 heavy (non-hydrogen) atoms. The smallest absolute Gasteiger partial charge is 0.254 e. The zero-order valence-corrected chi connectivity index (χ0v) is 17.6. The summed E-state index contributed by atoms with van der Waals surface area (Å²) in [5.41, 5.74) is 2.50. The maximum atomic E-state index is 13.5. The fraction of sp³-hybridized carbons (Fsp3) is 0.391. The van der Waals surface area contributed by atoms with E-state index >= 15 is 0 Å². The number of hydrogen-bond acceptors (Lipinski definition) is 4. The minimum absolute atomic E-state index is 0.0158. The SMILES string of the molecule is COc1ccc([C@H]2CCCCCN2C(=O)c2ccc3c(c2)NC(=O)[C@H](C)S3)cc1. The second-order valence-electron chi connectivity index (χ2n) is 7.60. The number of nitrogens with one attached hydrogen (secondary N) is 1. The van der Waals surface area contributed by atoms with E-state index in [0.717, 1.165) is 54.1 Å². The van der Waals surface area contributed by atoms with Crippen LogP contribution in [-0.4, -0.2) is 35.6 Å². The van der Waals surface area contributed by atoms with Gasteiger partial charge in [-0.05, 0) is 55.7 Å². The van der Waals surface area contributed by atoms with Gasteiger partial charge in [-0.3, -0.25) is 9.59 Å². The van der Waals surface area contributed by atoms with Gasteiger partial charge in [-0.25, -0.2) is 0 Å². The van der Waals surface area contributed by atoms with Crippen LogP contribution in [0.15, 0.2) is 47.4 Å². The molecule has 2 heterocycles. The molecule has 0 bridgehead atoms. The number of carbonyl (C=O) groups is 2. The van der Waals surface area contributed by atoms with Crippen LogP contribution in [0.4, 0.5) is 5.69 Å². The predicted molar refractivity (Wildman–Crippen MR) is 116 cm³/mol. The van der Waals surface area contributed by atoms with Crippen LogP contribution in [0.2, 0.25) is 0 Å². The van der Waals surface area contributed by atoms with E-state index in [2.05, 4.69) is 17.4 Å². The summed E-state index contributed by atoms with van der Waals surface area (Å²) in [5.74, 6) is 0.823. The number of nitrogens with zero attached hydrogens (tertiary/aromatic N) is 1. The van der Waals surface area contributed by atoms with Gasteiger partial charge in [-0.1, -0.05) is 25.0 Å². The Morgan fingerprint density at radius 1 is 1.14 bits per heavy atom. The van der Waals surface area contributed by atoms with E-state index in [4.69, 9.17) is 4.74 Å². The summed E-state index contributed by atoms with van der Waals surface area (Å²) in [6, 6.07) is 13.7. The van der Waals surface area contributed by atoms with Crippen LogP contribution in [0.1, 0.15) is 54.6 Å². The summed E-state index contributed by atoms with van der Waals surface area (Å²) in [6.45, 7) is 2.63. The van der Waals surface area contributed by atoms with Crippen molar-refractivity contribution in [3.05, 3.63) is 53.6 Å². The first-order chi connectivity index (χ1) is 14.1. The number of benzene rings is 2. The molecule has 5 nitrogen and oxygen atoms in total. The van der Waals surface area contributed by atoms with E-state index in [1.165, 1.54) is 11.8 Å². The van der Waals surface area contributed by atoms with Crippen molar-refractivity contribution in [2.24, 2.45) is 0 Å². The summed E-state index contributed by atoms with van der Waals surface area (Å²) in [7, 11) is 1.66. The molecule has 0 aliphatic carbocycles. The van der Waals surface area contributed by atoms with Gasteiger partial charge in [0.1, 0.15) is 5.75 Å². The Bertz CT molecular complexity index is 913. The highest BCUT2D eigenvalue weighted by Crippen LogP contribution is 2.37. The highest BCUT2D eigenvalue weighted by Gasteiger charge is 2.29. The standard InChI is InChI=1S/C23H26N2O3S/c1-15-22(26)24-19-14-17(9-12-21(19)29-15)23(27)25-13-5-3-4-6-20(25)16-7-10-18(28-2)11-8-16/h7-12,14-15,20H,3-6,13H2,1-2H3,(H,24,26)/t15-,20+/m0/s1. The first-order valence-electron chi connectivity index (χ1n) is 10.1. The number of rotatable bonds is 3. The number of anilines is 1. The van der Waals surface area contributed by atoms with Gasteiger partial charge >= 0.3 is 0 Å². The number of hydrogen-bond donors (Lipinski definition) is 1. The van der Waals surface area contributed by atoms with Crippen molar-refractivity contribution < 1.29 is 14.3 Å². The number of thioether (sulfide) groups is 1. The number of fused-ring (bicyclic) bond motifs is 1. The predicted octanol–water partition coefficient (Wildman–Crippen LogP) is 4.89. The number of likely N-dealkylation sites (tertiary alicyclic amines) is 1. The lowest BCUT2D eigenvalue weighted by Gasteiger charge is -2.31. The number of methoxy groups -OCH3 is 1. The molecule has 1 saturated heterocycles. The third-order valence-electron chi connectivity index (χ3n) is 5.67. The Balaban J connectivity index is 1.62. The Kier molecular flexibility index (Phi) is 5.81. The molecule has 0 spiro atoms. The van der Waals surface area contributed by atoms with Crippen LogP contribution >= 0.6 is 11.8 Å². The largest absolute Gasteiger partial charge is 0.497 e. The lowest BCUT2D eigenvalue weighted by molar-refractivity contribution is -0.115. The van der Waals surface area contributed by atoms with Crippen LogP contribution in [0.5, 0.6) is 5.75 Å². The minimum Gasteiger partial charge on any atom is -0.497 e. The van der Waals surface area contributed by atoms with Crippen molar-refractivity contribution in [2.45, 2.75) is 48.8 Å². The van der Waals surface area contributed by atoms with E-state index in [0.29, 0.717) is 5.56 Å². The molecule has 4 rings (SSSR count). The summed E-state index contributed by atoms with van der Waals surface area (Å²) in [5, 5.41) is 2.81. The zero-order valence-electron chi connectivity index (χ0n) is 16.8. The number of ether oxygens (including phenoxy) is 1. The summed E-state index contributed by atoms with van der Waals surface area (Å²) in [6.07, 6.45) is 4.20. The van der Waals surface area contributed by atoms with Gasteiger partial charge in [-0.2, -0.15) is 0 Å². The number of carbonyl (C=O) groups excluding carboxylic acids is 2. The van der Waals surface area contributed by atoms with E-state index in [1.54, 1.807) is 7.11 Å². The average molecular weight is 411 g/mol. The van der Waals surface area contributed by atoms with Crippen molar-refractivity contribution in [3.8, 4) is 5.75 Å². The van der Waals surface area contributed by atoms with Crippen molar-refractivity contribution in [1.82, 2.24) is 4.90 Å². The van der Waals surface area contributed by atoms with E-state index in [1.807, 2.05) is 42.2 Å². The molecule has 1 fully saturated rings. The Morgan fingerprint density at radius 3 is 2.69 bits per heavy atom. The third kappa shape index (κ3) is 4.13. The van der Waals surface area contributed by atoms with Gasteiger partial charge in [0.05, 0.1) is 24.1 Å². The lowest BCUT2D eigenvalue weighted by Crippen LogP contribution is -2.35. The fourth-order valence-electron chi connectivity index (χ4n) is 4.03. The maximum Gasteiger partial charge on any atom is 0.254 e. The van der Waals surface area contributed by atoms with Crippen LogP contribution in [-0.2, 0) is 4.79 Å². The van der Waals surface area contributed by atoms with Crippen LogP contribution in [0.3, 0.4) is 0 Å². The molecule has 0 radical (unpaired) electrons. The zero-order chi connectivity index (χ0) is 20.4. The molecule has 0 aromatic heterocycles. The van der Waals surface area contributed by atoms with Gasteiger partial charge in [0.25, 0.3) is 5.91 Å². The molecule has 6 heteroatoms.